The van der Waals surface area contributed by atoms with Crippen molar-refractivity contribution in [2.45, 2.75) is 25.3 Å². The molecule has 22 heavy (non-hydrogen) atoms. The number of alkyl halides is 1. The Morgan fingerprint density at radius 2 is 1.45 bits per heavy atom. The van der Waals surface area contributed by atoms with E-state index >= 15 is 0 Å². The molecule has 1 unspecified atom stereocenters. The molecule has 3 nitrogen and oxygen atoms in total. The van der Waals surface area contributed by atoms with E-state index in [1.165, 1.54) is 0 Å². The van der Waals surface area contributed by atoms with E-state index in [9.17, 15) is 12.8 Å². The van der Waals surface area contributed by atoms with Gasteiger partial charge in [0.25, 0.3) is 0 Å². The number of rotatable bonds is 7. The summed E-state index contributed by atoms with van der Waals surface area (Å²) in [5.41, 5.74) is -1.97. The molecule has 0 bridgehead atoms. The van der Waals surface area contributed by atoms with Crippen LogP contribution in [0.4, 0.5) is 4.39 Å². The van der Waals surface area contributed by atoms with Gasteiger partial charge in [-0.15, -0.1) is 0 Å². The Morgan fingerprint density at radius 1 is 1.00 bits per heavy atom. The first kappa shape index (κ1) is 17.4. The summed E-state index contributed by atoms with van der Waals surface area (Å²) in [5.74, 6) is 0. The van der Waals surface area contributed by atoms with E-state index in [2.05, 4.69) is 0 Å². The van der Waals surface area contributed by atoms with Crippen molar-refractivity contribution in [3.8, 4) is 0 Å². The summed E-state index contributed by atoms with van der Waals surface area (Å²) in [6.07, 6.45) is 0.407. The molecule has 6 heteroatoms. The quantitative estimate of drug-likeness (QED) is 0.597. The van der Waals surface area contributed by atoms with Crippen molar-refractivity contribution in [1.82, 2.24) is 0 Å². The molecule has 2 aromatic carbocycles. The first-order valence-corrected chi connectivity index (χ1v) is 11.4. The van der Waals surface area contributed by atoms with Crippen LogP contribution in [0.5, 0.6) is 0 Å². The molecule has 0 aliphatic carbocycles. The molecule has 0 aliphatic heterocycles. The van der Waals surface area contributed by atoms with Crippen molar-refractivity contribution in [3.05, 3.63) is 67.8 Å². The average Bonchev–Trinajstić information content (AvgIpc) is 2.54. The van der Waals surface area contributed by atoms with Crippen LogP contribution in [0.2, 0.25) is 0 Å². The van der Waals surface area contributed by atoms with Crippen molar-refractivity contribution in [1.29, 1.82) is 0 Å². The topological polar surface area (TPSA) is 43.4 Å². The van der Waals surface area contributed by atoms with Gasteiger partial charge < -0.3 is 0 Å². The summed E-state index contributed by atoms with van der Waals surface area (Å²) >= 11 is -2.69. The molecule has 2 aromatic rings. The van der Waals surface area contributed by atoms with Crippen molar-refractivity contribution < 1.29 is 15.3 Å². The fourth-order valence-corrected chi connectivity index (χ4v) is 8.96. The fraction of sp³-hybridized carbons (Fsp3) is 0.250. The van der Waals surface area contributed by atoms with Gasteiger partial charge in [-0.05, 0) is 0 Å². The van der Waals surface area contributed by atoms with E-state index < -0.39 is 35.9 Å². The van der Waals surface area contributed by atoms with Gasteiger partial charge in [-0.2, -0.15) is 0 Å². The Hall–Kier alpha value is -0.990. The van der Waals surface area contributed by atoms with Gasteiger partial charge in [-0.3, -0.25) is 0 Å². The summed E-state index contributed by atoms with van der Waals surface area (Å²) in [5, 5.41) is 0. The summed E-state index contributed by atoms with van der Waals surface area (Å²) in [6, 6.07) is 18.4. The van der Waals surface area contributed by atoms with Crippen LogP contribution in [0.15, 0.2) is 60.7 Å². The molecule has 2 rings (SSSR count). The molecule has 0 amide bonds. The molecule has 0 N–H and O–H groups in total. The Morgan fingerprint density at radius 3 is 1.86 bits per heavy atom. The molecule has 0 saturated carbocycles. The van der Waals surface area contributed by atoms with E-state index in [1.54, 1.807) is 6.92 Å². The van der Waals surface area contributed by atoms with Crippen LogP contribution >= 0.6 is 20.2 Å². The van der Waals surface area contributed by atoms with Crippen molar-refractivity contribution in [2.75, 3.05) is 0 Å². The van der Waals surface area contributed by atoms with Crippen LogP contribution in [0.3, 0.4) is 0 Å². The van der Waals surface area contributed by atoms with Crippen LogP contribution in [-0.4, -0.2) is 13.9 Å². The zero-order chi connectivity index (χ0) is 16.0. The average molecular weight is 436 g/mol. The molecule has 0 fully saturated rings. The fourth-order valence-electron chi connectivity index (χ4n) is 1.76. The Labute approximate surface area is 138 Å². The zero-order valence-electron chi connectivity index (χ0n) is 12.2. The molecule has 0 saturated heterocycles. The number of hydrogen-bond donors (Lipinski definition) is 0. The normalized spacial score (nSPS) is 13.6. The van der Waals surface area contributed by atoms with Gasteiger partial charge in [0.05, 0.1) is 0 Å². The minimum absolute atomic E-state index is 0.0457. The predicted molar refractivity (Wildman–Crippen MR) is 94.1 cm³/mol. The third kappa shape index (κ3) is 4.50. The molecule has 1 atom stereocenters. The first-order valence-electron chi connectivity index (χ1n) is 6.92. The standard InChI is InChI=1S/C16H18FIO3S/c1-2-9-16(17)22(19,20)21-18(14-10-5-3-6-11-14)15-12-7-4-8-13-15/h3-8,10-13,16H,2,9H2,1H3. The Balaban J connectivity index is 2.34. The SMILES string of the molecule is CCCC(F)S(=O)(=O)OI(c1ccccc1)c1ccccc1. The van der Waals surface area contributed by atoms with Gasteiger partial charge in [0.1, 0.15) is 0 Å². The number of benzene rings is 2. The van der Waals surface area contributed by atoms with E-state index in [0.717, 1.165) is 7.14 Å². The predicted octanol–water partition coefficient (Wildman–Crippen LogP) is 4.59. The second-order valence-corrected chi connectivity index (χ2v) is 11.2. The third-order valence-corrected chi connectivity index (χ3v) is 10.3. The summed E-state index contributed by atoms with van der Waals surface area (Å²) < 4.78 is 45.2. The van der Waals surface area contributed by atoms with Crippen LogP contribution < -0.4 is 0 Å². The van der Waals surface area contributed by atoms with Crippen molar-refractivity contribution in [3.63, 3.8) is 0 Å². The van der Waals surface area contributed by atoms with Crippen molar-refractivity contribution >= 4 is 30.4 Å². The molecule has 120 valence electrons. The van der Waals surface area contributed by atoms with Gasteiger partial charge in [-0.1, -0.05) is 0 Å². The van der Waals surface area contributed by atoms with Gasteiger partial charge in [-0.25, -0.2) is 0 Å². The van der Waals surface area contributed by atoms with Crippen LogP contribution in [0.1, 0.15) is 19.8 Å². The second-order valence-electron chi connectivity index (χ2n) is 4.59. The Kier molecular flexibility index (Phi) is 6.34. The maximum atomic E-state index is 13.9. The molecular weight excluding hydrogens is 418 g/mol. The second kappa shape index (κ2) is 8.03. The van der Waals surface area contributed by atoms with E-state index in [-0.39, 0.29) is 6.42 Å². The van der Waals surface area contributed by atoms with Crippen molar-refractivity contribution in [2.24, 2.45) is 0 Å². The Bertz CT molecular complexity index is 638. The summed E-state index contributed by atoms with van der Waals surface area (Å²) in [7, 11) is -4.21. The molecule has 0 spiro atoms. The summed E-state index contributed by atoms with van der Waals surface area (Å²) in [4.78, 5) is 0. The van der Waals surface area contributed by atoms with Gasteiger partial charge >= 0.3 is 139 Å². The monoisotopic (exact) mass is 436 g/mol. The maximum absolute atomic E-state index is 13.9. The first-order chi connectivity index (χ1) is 10.5. The van der Waals surface area contributed by atoms with E-state index in [1.807, 2.05) is 60.7 Å². The van der Waals surface area contributed by atoms with E-state index in [0.29, 0.717) is 6.42 Å². The molecule has 0 aliphatic rings. The summed E-state index contributed by atoms with van der Waals surface area (Å²) in [6.45, 7) is 1.74. The zero-order valence-corrected chi connectivity index (χ0v) is 15.1. The molecule has 0 aromatic heterocycles. The number of hydrogen-bond acceptors (Lipinski definition) is 3. The molecule has 0 radical (unpaired) electrons. The minimum atomic E-state index is -4.21. The van der Waals surface area contributed by atoms with Gasteiger partial charge in [0, 0.05) is 0 Å². The molecular formula is C16H18FIO3S. The van der Waals surface area contributed by atoms with Crippen LogP contribution in [0, 0.1) is 7.14 Å². The third-order valence-electron chi connectivity index (χ3n) is 2.84. The molecule has 0 heterocycles. The van der Waals surface area contributed by atoms with E-state index in [4.69, 9.17) is 2.51 Å². The van der Waals surface area contributed by atoms with Gasteiger partial charge in [0.2, 0.25) is 0 Å². The van der Waals surface area contributed by atoms with Crippen LogP contribution in [-0.2, 0) is 12.6 Å². The number of halogens is 2. The van der Waals surface area contributed by atoms with Gasteiger partial charge in [0.15, 0.2) is 0 Å². The van der Waals surface area contributed by atoms with Crippen LogP contribution in [0.25, 0.3) is 0 Å².